The number of hydrogen-bond acceptors (Lipinski definition) is 2. The van der Waals surface area contributed by atoms with E-state index in [4.69, 9.17) is 0 Å². The van der Waals surface area contributed by atoms with Gasteiger partial charge in [-0.15, -0.1) is 0 Å². The second kappa shape index (κ2) is 3.22. The van der Waals surface area contributed by atoms with Crippen molar-refractivity contribution in [3.05, 3.63) is 11.8 Å². The molecule has 0 aromatic carbocycles. The molecule has 0 saturated carbocycles. The minimum absolute atomic E-state index is 0.0811. The van der Waals surface area contributed by atoms with Crippen LogP contribution < -0.4 is 5.32 Å². The average Bonchev–Trinajstić information content (AvgIpc) is 2.42. The number of rotatable bonds is 1. The summed E-state index contributed by atoms with van der Waals surface area (Å²) >= 11 is 0. The SMILES string of the molecule is Cc1cc2n(n1)[C@H](C(F)F)C[C@@H](C)N2. The van der Waals surface area contributed by atoms with Crippen molar-refractivity contribution in [2.24, 2.45) is 0 Å². The largest absolute Gasteiger partial charge is 0.368 e. The van der Waals surface area contributed by atoms with E-state index in [-0.39, 0.29) is 6.04 Å². The fourth-order valence-electron chi connectivity index (χ4n) is 1.86. The third-order valence-corrected chi connectivity index (χ3v) is 2.45. The van der Waals surface area contributed by atoms with Crippen LogP contribution in [0.25, 0.3) is 0 Å². The first kappa shape index (κ1) is 9.43. The van der Waals surface area contributed by atoms with Crippen LogP contribution in [0.5, 0.6) is 0 Å². The predicted octanol–water partition coefficient (Wildman–Crippen LogP) is 2.20. The van der Waals surface area contributed by atoms with Gasteiger partial charge < -0.3 is 5.32 Å². The molecule has 1 aliphatic rings. The molecular formula is C9H13F2N3. The molecule has 0 spiro atoms. The summed E-state index contributed by atoms with van der Waals surface area (Å²) in [6.45, 7) is 3.71. The predicted molar refractivity (Wildman–Crippen MR) is 49.7 cm³/mol. The Morgan fingerprint density at radius 3 is 3.00 bits per heavy atom. The van der Waals surface area contributed by atoms with Crippen LogP contribution in [0.1, 0.15) is 25.1 Å². The summed E-state index contributed by atoms with van der Waals surface area (Å²) in [7, 11) is 0. The number of nitrogens with zero attached hydrogens (tertiary/aromatic N) is 2. The van der Waals surface area contributed by atoms with Gasteiger partial charge in [0.1, 0.15) is 11.9 Å². The molecule has 1 N–H and O–H groups in total. The van der Waals surface area contributed by atoms with E-state index in [9.17, 15) is 8.78 Å². The molecule has 14 heavy (non-hydrogen) atoms. The summed E-state index contributed by atoms with van der Waals surface area (Å²) in [6, 6.07) is 1.10. The van der Waals surface area contributed by atoms with Gasteiger partial charge in [0, 0.05) is 12.1 Å². The van der Waals surface area contributed by atoms with Crippen molar-refractivity contribution in [1.82, 2.24) is 9.78 Å². The molecule has 0 bridgehead atoms. The highest BCUT2D eigenvalue weighted by Crippen LogP contribution is 2.31. The molecule has 0 fully saturated rings. The highest BCUT2D eigenvalue weighted by molar-refractivity contribution is 5.40. The van der Waals surface area contributed by atoms with Crippen molar-refractivity contribution in [1.29, 1.82) is 0 Å². The van der Waals surface area contributed by atoms with Crippen molar-refractivity contribution >= 4 is 5.82 Å². The maximum Gasteiger partial charge on any atom is 0.260 e. The van der Waals surface area contributed by atoms with Gasteiger partial charge in [-0.1, -0.05) is 0 Å². The quantitative estimate of drug-likeness (QED) is 0.754. The van der Waals surface area contributed by atoms with E-state index in [1.807, 2.05) is 6.92 Å². The molecule has 1 aliphatic heterocycles. The lowest BCUT2D eigenvalue weighted by Gasteiger charge is -2.29. The molecule has 1 aromatic rings. The Bertz CT molecular complexity index is 335. The Kier molecular flexibility index (Phi) is 2.17. The first-order valence-corrected chi connectivity index (χ1v) is 4.69. The zero-order valence-electron chi connectivity index (χ0n) is 8.17. The highest BCUT2D eigenvalue weighted by Gasteiger charge is 2.31. The topological polar surface area (TPSA) is 29.9 Å². The van der Waals surface area contributed by atoms with Crippen molar-refractivity contribution in [2.45, 2.75) is 38.8 Å². The number of nitrogens with one attached hydrogen (secondary N) is 1. The van der Waals surface area contributed by atoms with Crippen LogP contribution in [0, 0.1) is 6.92 Å². The van der Waals surface area contributed by atoms with Crippen LogP contribution in [-0.4, -0.2) is 22.2 Å². The molecule has 2 atom stereocenters. The van der Waals surface area contributed by atoms with Crippen LogP contribution in [0.3, 0.4) is 0 Å². The van der Waals surface area contributed by atoms with E-state index < -0.39 is 12.5 Å². The van der Waals surface area contributed by atoms with Gasteiger partial charge in [-0.25, -0.2) is 13.5 Å². The molecule has 5 heteroatoms. The Hall–Kier alpha value is -1.13. The van der Waals surface area contributed by atoms with Crippen molar-refractivity contribution in [3.63, 3.8) is 0 Å². The summed E-state index contributed by atoms with van der Waals surface area (Å²) in [5.41, 5.74) is 0.771. The summed E-state index contributed by atoms with van der Waals surface area (Å²) in [4.78, 5) is 0. The van der Waals surface area contributed by atoms with Crippen LogP contribution in [0.15, 0.2) is 6.07 Å². The summed E-state index contributed by atoms with van der Waals surface area (Å²) in [5, 5.41) is 7.20. The molecule has 3 nitrogen and oxygen atoms in total. The molecule has 78 valence electrons. The van der Waals surface area contributed by atoms with Crippen molar-refractivity contribution in [3.8, 4) is 0 Å². The van der Waals surface area contributed by atoms with Crippen molar-refractivity contribution in [2.75, 3.05) is 5.32 Å². The lowest BCUT2D eigenvalue weighted by Crippen LogP contribution is -2.33. The van der Waals surface area contributed by atoms with E-state index in [2.05, 4.69) is 10.4 Å². The van der Waals surface area contributed by atoms with Gasteiger partial charge in [-0.3, -0.25) is 0 Å². The standard InChI is InChI=1S/C9H13F2N3/c1-5-3-7(9(10)11)14-8(12-5)4-6(2)13-14/h4-5,7,9,12H,3H2,1-2H3/t5-,7+/m1/s1. The Balaban J connectivity index is 2.37. The Labute approximate surface area is 81.1 Å². The first-order valence-electron chi connectivity index (χ1n) is 4.69. The zero-order valence-corrected chi connectivity index (χ0v) is 8.17. The molecular weight excluding hydrogens is 188 g/mol. The normalized spacial score (nSPS) is 26.1. The lowest BCUT2D eigenvalue weighted by atomic mass is 10.1. The molecule has 2 rings (SSSR count). The fourth-order valence-corrected chi connectivity index (χ4v) is 1.86. The highest BCUT2D eigenvalue weighted by atomic mass is 19.3. The van der Waals surface area contributed by atoms with E-state index in [1.165, 1.54) is 4.68 Å². The first-order chi connectivity index (χ1) is 6.58. The van der Waals surface area contributed by atoms with Gasteiger partial charge in [0.2, 0.25) is 0 Å². The van der Waals surface area contributed by atoms with E-state index in [0.717, 1.165) is 5.69 Å². The van der Waals surface area contributed by atoms with Gasteiger partial charge in [0.15, 0.2) is 0 Å². The molecule has 0 saturated heterocycles. The van der Waals surface area contributed by atoms with Crippen molar-refractivity contribution < 1.29 is 8.78 Å². The van der Waals surface area contributed by atoms with Gasteiger partial charge >= 0.3 is 0 Å². The minimum Gasteiger partial charge on any atom is -0.368 e. The van der Waals surface area contributed by atoms with Crippen LogP contribution >= 0.6 is 0 Å². The summed E-state index contributed by atoms with van der Waals surface area (Å²) in [6.07, 6.45) is -1.93. The smallest absolute Gasteiger partial charge is 0.260 e. The molecule has 0 radical (unpaired) electrons. The molecule has 0 amide bonds. The average molecular weight is 201 g/mol. The van der Waals surface area contributed by atoms with Crippen LogP contribution in [0.2, 0.25) is 0 Å². The van der Waals surface area contributed by atoms with Crippen LogP contribution in [0.4, 0.5) is 14.6 Å². The number of halogens is 2. The van der Waals surface area contributed by atoms with E-state index in [1.54, 1.807) is 13.0 Å². The number of aryl methyl sites for hydroxylation is 1. The minimum atomic E-state index is -2.35. The molecule has 1 aromatic heterocycles. The molecule has 0 unspecified atom stereocenters. The van der Waals surface area contributed by atoms with Gasteiger partial charge in [0.25, 0.3) is 6.43 Å². The van der Waals surface area contributed by atoms with E-state index in [0.29, 0.717) is 12.2 Å². The molecule has 2 heterocycles. The zero-order chi connectivity index (χ0) is 10.3. The number of fused-ring (bicyclic) bond motifs is 1. The maximum absolute atomic E-state index is 12.7. The van der Waals surface area contributed by atoms with E-state index >= 15 is 0 Å². The third-order valence-electron chi connectivity index (χ3n) is 2.45. The fraction of sp³-hybridized carbons (Fsp3) is 0.667. The Morgan fingerprint density at radius 1 is 1.64 bits per heavy atom. The third kappa shape index (κ3) is 1.47. The summed E-state index contributed by atoms with van der Waals surface area (Å²) in [5.74, 6) is 0.701. The maximum atomic E-state index is 12.7. The van der Waals surface area contributed by atoms with Gasteiger partial charge in [0.05, 0.1) is 5.69 Å². The van der Waals surface area contributed by atoms with Gasteiger partial charge in [-0.05, 0) is 20.3 Å². The molecule has 0 aliphatic carbocycles. The number of alkyl halides is 2. The number of hydrogen-bond donors (Lipinski definition) is 1. The second-order valence-electron chi connectivity index (χ2n) is 3.80. The summed E-state index contributed by atoms with van der Waals surface area (Å²) < 4.78 is 26.8. The second-order valence-corrected chi connectivity index (χ2v) is 3.80. The monoisotopic (exact) mass is 201 g/mol. The number of anilines is 1. The number of aromatic nitrogens is 2. The lowest BCUT2D eigenvalue weighted by molar-refractivity contribution is 0.0667. The van der Waals surface area contributed by atoms with Gasteiger partial charge in [-0.2, -0.15) is 5.10 Å². The van der Waals surface area contributed by atoms with Crippen LogP contribution in [-0.2, 0) is 0 Å². The Morgan fingerprint density at radius 2 is 2.36 bits per heavy atom.